The van der Waals surface area contributed by atoms with Crippen LogP contribution in [0.2, 0.25) is 0 Å². The molecule has 1 N–H and O–H groups in total. The van der Waals surface area contributed by atoms with Crippen molar-refractivity contribution >= 4 is 40.9 Å². The number of nitrogens with zero attached hydrogens (tertiary/aromatic N) is 3. The summed E-state index contributed by atoms with van der Waals surface area (Å²) in [5, 5.41) is 10.7. The van der Waals surface area contributed by atoms with E-state index in [1.807, 2.05) is 77.1 Å². The molecule has 8 atom stereocenters. The molecular weight excluding hydrogens is 623 g/mol. The number of aliphatic hydroxyl groups excluding tert-OH is 1. The molecule has 9 heteroatoms. The monoisotopic (exact) mass is 673 g/mol. The second kappa shape index (κ2) is 14.5. The normalized spacial score (nSPS) is 26.9. The number of aryl methyl sites for hydroxylation is 2. The molecule has 1 spiro atoms. The first-order valence-electron chi connectivity index (χ1n) is 17.3. The number of anilines is 2. The zero-order valence-corrected chi connectivity index (χ0v) is 30.0. The van der Waals surface area contributed by atoms with Gasteiger partial charge in [-0.2, -0.15) is 0 Å². The van der Waals surface area contributed by atoms with Crippen LogP contribution in [0.3, 0.4) is 0 Å². The molecule has 3 amide bonds. The summed E-state index contributed by atoms with van der Waals surface area (Å²) in [6.45, 7) is 20.8. The number of benzene rings is 2. The Morgan fingerprint density at radius 2 is 1.75 bits per heavy atom. The third kappa shape index (κ3) is 5.87. The van der Waals surface area contributed by atoms with Gasteiger partial charge in [-0.1, -0.05) is 51.5 Å². The Morgan fingerprint density at radius 3 is 2.35 bits per heavy atom. The first-order valence-corrected chi connectivity index (χ1v) is 18.1. The highest BCUT2D eigenvalue weighted by atomic mass is 32.2. The van der Waals surface area contributed by atoms with Crippen LogP contribution in [-0.2, 0) is 14.4 Å². The molecule has 2 bridgehead atoms. The van der Waals surface area contributed by atoms with Gasteiger partial charge in [-0.15, -0.1) is 24.9 Å². The van der Waals surface area contributed by atoms with E-state index < -0.39 is 28.7 Å². The maximum Gasteiger partial charge on any atom is 0.251 e. The molecule has 48 heavy (non-hydrogen) atoms. The van der Waals surface area contributed by atoms with Gasteiger partial charge in [0.2, 0.25) is 11.8 Å². The molecule has 0 aromatic heterocycles. The zero-order chi connectivity index (χ0) is 34.9. The first kappa shape index (κ1) is 35.7. The van der Waals surface area contributed by atoms with Crippen LogP contribution in [0.1, 0.15) is 51.7 Å². The van der Waals surface area contributed by atoms with Crippen LogP contribution >= 0.6 is 11.8 Å². The number of fused-ring (bicyclic) bond motifs is 1. The van der Waals surface area contributed by atoms with Crippen molar-refractivity contribution in [1.82, 2.24) is 4.90 Å². The van der Waals surface area contributed by atoms with Crippen LogP contribution in [0.15, 0.2) is 67.8 Å². The molecule has 0 radical (unpaired) electrons. The first-order chi connectivity index (χ1) is 23.0. The second-order valence-corrected chi connectivity index (χ2v) is 15.2. The van der Waals surface area contributed by atoms with Crippen molar-refractivity contribution in [2.24, 2.45) is 23.7 Å². The van der Waals surface area contributed by atoms with E-state index in [9.17, 15) is 9.90 Å². The number of aliphatic hydroxyl groups is 1. The van der Waals surface area contributed by atoms with Gasteiger partial charge in [0, 0.05) is 29.7 Å². The van der Waals surface area contributed by atoms with E-state index in [1.54, 1.807) is 38.6 Å². The minimum Gasteiger partial charge on any atom is -0.494 e. The summed E-state index contributed by atoms with van der Waals surface area (Å²) in [4.78, 5) is 50.2. The molecule has 3 fully saturated rings. The number of carbonyl (C=O) groups excluding carboxylic acids is 3. The fraction of sp³-hybridized carbons (Fsp3) is 0.513. The van der Waals surface area contributed by atoms with E-state index in [0.29, 0.717) is 24.5 Å². The van der Waals surface area contributed by atoms with E-state index >= 15 is 9.59 Å². The largest absolute Gasteiger partial charge is 0.494 e. The summed E-state index contributed by atoms with van der Waals surface area (Å²) in [6.07, 6.45) is 4.85. The van der Waals surface area contributed by atoms with Gasteiger partial charge in [-0.25, -0.2) is 0 Å². The molecule has 3 saturated heterocycles. The number of ether oxygens (including phenoxy) is 1. The van der Waals surface area contributed by atoms with Crippen molar-refractivity contribution in [2.75, 3.05) is 36.1 Å². The van der Waals surface area contributed by atoms with Gasteiger partial charge in [0.15, 0.2) is 0 Å². The van der Waals surface area contributed by atoms with Gasteiger partial charge in [-0.3, -0.25) is 14.4 Å². The van der Waals surface area contributed by atoms with E-state index in [2.05, 4.69) is 20.1 Å². The van der Waals surface area contributed by atoms with Crippen LogP contribution < -0.4 is 14.5 Å². The van der Waals surface area contributed by atoms with Crippen molar-refractivity contribution in [2.45, 2.75) is 76.5 Å². The lowest BCUT2D eigenvalue weighted by atomic mass is 9.65. The number of thioether (sulfide) groups is 1. The Bertz CT molecular complexity index is 1540. The van der Waals surface area contributed by atoms with Gasteiger partial charge < -0.3 is 24.5 Å². The molecule has 8 nitrogen and oxygen atoms in total. The number of rotatable bonds is 14. The third-order valence-corrected chi connectivity index (χ3v) is 12.9. The molecular formula is C39H51N3O5S. The maximum atomic E-state index is 15.2. The summed E-state index contributed by atoms with van der Waals surface area (Å²) in [7, 11) is 0. The minimum absolute atomic E-state index is 0.0109. The van der Waals surface area contributed by atoms with Crippen LogP contribution in [0.4, 0.5) is 11.4 Å². The molecule has 0 aliphatic carbocycles. The summed E-state index contributed by atoms with van der Waals surface area (Å²) in [5.74, 6) is -1.25. The lowest BCUT2D eigenvalue weighted by Crippen LogP contribution is -2.60. The second-order valence-electron chi connectivity index (χ2n) is 13.6. The minimum atomic E-state index is -0.859. The van der Waals surface area contributed by atoms with E-state index in [1.165, 1.54) is 0 Å². The molecule has 0 saturated carbocycles. The molecule has 3 unspecified atom stereocenters. The predicted octanol–water partition coefficient (Wildman–Crippen LogP) is 6.18. The quantitative estimate of drug-likeness (QED) is 0.241. The lowest BCUT2D eigenvalue weighted by molar-refractivity contribution is -0.143. The summed E-state index contributed by atoms with van der Waals surface area (Å²) in [6, 6.07) is 12.0. The fourth-order valence-corrected chi connectivity index (χ4v) is 10.7. The average molecular weight is 674 g/mol. The van der Waals surface area contributed by atoms with Crippen molar-refractivity contribution in [1.29, 1.82) is 0 Å². The molecule has 258 valence electrons. The Balaban J connectivity index is 1.64. The van der Waals surface area contributed by atoms with Crippen LogP contribution in [-0.4, -0.2) is 76.1 Å². The Labute approximate surface area is 290 Å². The number of hydrogen-bond donors (Lipinski definition) is 1. The molecule has 2 aromatic rings. The number of hydrogen-bond acceptors (Lipinski definition) is 6. The van der Waals surface area contributed by atoms with E-state index in [0.717, 1.165) is 23.2 Å². The Hall–Kier alpha value is -3.56. The Morgan fingerprint density at radius 1 is 1.08 bits per heavy atom. The third-order valence-electron chi connectivity index (χ3n) is 10.8. The molecule has 3 aliphatic heterocycles. The Kier molecular flexibility index (Phi) is 10.8. The predicted molar refractivity (Wildman–Crippen MR) is 194 cm³/mol. The summed E-state index contributed by atoms with van der Waals surface area (Å²) in [5.41, 5.74) is 3.45. The van der Waals surface area contributed by atoms with Gasteiger partial charge in [0.1, 0.15) is 11.8 Å². The summed E-state index contributed by atoms with van der Waals surface area (Å²) < 4.78 is 4.80. The van der Waals surface area contributed by atoms with Crippen molar-refractivity contribution < 1.29 is 24.2 Å². The number of amides is 3. The van der Waals surface area contributed by atoms with Gasteiger partial charge in [0.25, 0.3) is 5.91 Å². The lowest BCUT2D eigenvalue weighted by Gasteiger charge is -2.43. The van der Waals surface area contributed by atoms with Crippen LogP contribution in [0.5, 0.6) is 5.75 Å². The van der Waals surface area contributed by atoms with Crippen LogP contribution in [0, 0.1) is 37.5 Å². The number of likely N-dealkylation sites (tertiary alicyclic amines) is 1. The maximum absolute atomic E-state index is 15.2. The van der Waals surface area contributed by atoms with Gasteiger partial charge >= 0.3 is 0 Å². The average Bonchev–Trinajstić information content (AvgIpc) is 3.67. The molecule has 5 rings (SSSR count). The van der Waals surface area contributed by atoms with Crippen LogP contribution in [0.25, 0.3) is 0 Å². The highest BCUT2D eigenvalue weighted by Gasteiger charge is 2.77. The van der Waals surface area contributed by atoms with Gasteiger partial charge in [-0.05, 0) is 80.5 Å². The standard InChI is InChI=1S/C39H51N3O5S/c1-9-19-40(28-15-17-29(18-16-28)47-12-4)36(44)33-32-22-27(8)39(48-32)34(33)37(45)42(31(23-43)25(6)11-3)35(39)38(46)41(20-10-2)30-21-24(5)13-14-26(30)7/h9-10,13-18,21,25,27,31-35,43H,1-2,11-12,19-20,22-23H2,3-8H3/t25-,27?,31-,32-,33+,34-,35?,39?/m0/s1. The highest BCUT2D eigenvalue weighted by Crippen LogP contribution is 2.69. The molecule has 3 heterocycles. The van der Waals surface area contributed by atoms with Crippen molar-refractivity contribution in [3.8, 4) is 5.75 Å². The topological polar surface area (TPSA) is 90.4 Å². The zero-order valence-electron chi connectivity index (χ0n) is 29.2. The molecule has 3 aliphatic rings. The van der Waals surface area contributed by atoms with E-state index in [4.69, 9.17) is 4.74 Å². The van der Waals surface area contributed by atoms with Crippen molar-refractivity contribution in [3.05, 3.63) is 78.9 Å². The van der Waals surface area contributed by atoms with Crippen molar-refractivity contribution in [3.63, 3.8) is 0 Å². The SMILES string of the molecule is C=CCN(C(=O)[C@@H]1[C@@H]2CC(C)C3(S2)C(C(=O)N(CC=C)c2cc(C)ccc2C)N([C@@H](CO)[C@@H](C)CC)C(=O)[C@H]13)c1ccc(OCC)cc1. The smallest absolute Gasteiger partial charge is 0.251 e. The fourth-order valence-electron chi connectivity index (χ4n) is 8.31. The molecule has 2 aromatic carbocycles. The van der Waals surface area contributed by atoms with Gasteiger partial charge in [0.05, 0.1) is 35.8 Å². The van der Waals surface area contributed by atoms with E-state index in [-0.39, 0.29) is 54.5 Å². The highest BCUT2D eigenvalue weighted by molar-refractivity contribution is 8.02. The number of carbonyl (C=O) groups is 3. The summed E-state index contributed by atoms with van der Waals surface area (Å²) >= 11 is 1.65.